The Hall–Kier alpha value is -1.50. The van der Waals surface area contributed by atoms with Crippen molar-refractivity contribution < 1.29 is 4.79 Å². The Morgan fingerprint density at radius 3 is 2.88 bits per heavy atom. The van der Waals surface area contributed by atoms with E-state index >= 15 is 0 Å². The zero-order chi connectivity index (χ0) is 12.8. The van der Waals surface area contributed by atoms with Crippen molar-refractivity contribution in [3.63, 3.8) is 0 Å². The van der Waals surface area contributed by atoms with Crippen molar-refractivity contribution in [1.29, 1.82) is 0 Å². The second kappa shape index (κ2) is 6.29. The minimum Gasteiger partial charge on any atom is -0.383 e. The normalized spacial score (nSPS) is 10.2. The van der Waals surface area contributed by atoms with Crippen molar-refractivity contribution in [3.05, 3.63) is 16.4 Å². The molecule has 0 saturated carbocycles. The number of rotatable bonds is 5. The highest BCUT2D eigenvalue weighted by Gasteiger charge is 2.04. The number of carbonyl (C=O) groups is 1. The van der Waals surface area contributed by atoms with E-state index in [2.05, 4.69) is 9.97 Å². The minimum atomic E-state index is -0.260. The molecule has 1 aromatic rings. The molecule has 1 amide bonds. The van der Waals surface area contributed by atoms with Crippen molar-refractivity contribution in [1.82, 2.24) is 14.9 Å². The van der Waals surface area contributed by atoms with Gasteiger partial charge in [0.1, 0.15) is 5.82 Å². The number of aromatic amines is 1. The molecule has 0 radical (unpaired) electrons. The highest BCUT2D eigenvalue weighted by Crippen LogP contribution is 2.14. The number of hydrogen-bond donors (Lipinski definition) is 2. The van der Waals surface area contributed by atoms with E-state index in [-0.39, 0.29) is 17.3 Å². The van der Waals surface area contributed by atoms with Crippen molar-refractivity contribution in [2.45, 2.75) is 18.0 Å². The van der Waals surface area contributed by atoms with Gasteiger partial charge in [-0.15, -0.1) is 0 Å². The van der Waals surface area contributed by atoms with E-state index in [1.807, 2.05) is 0 Å². The Bertz CT molecular complexity index is 444. The summed E-state index contributed by atoms with van der Waals surface area (Å²) in [5.41, 5.74) is 5.19. The first-order chi connectivity index (χ1) is 7.99. The third kappa shape index (κ3) is 4.90. The standard InChI is InChI=1S/C10H16N4O2S/c1-14(2)9(16)4-3-5-17-10-12-7(11)6-8(15)13-10/h6H,3-5H2,1-2H3,(H3,11,12,13,15). The number of H-pyrrole nitrogens is 1. The molecule has 1 aromatic heterocycles. The maximum atomic E-state index is 11.3. The lowest BCUT2D eigenvalue weighted by Gasteiger charge is -2.09. The third-order valence-electron chi connectivity index (χ3n) is 2.01. The van der Waals surface area contributed by atoms with Gasteiger partial charge in [-0.05, 0) is 6.42 Å². The van der Waals surface area contributed by atoms with Gasteiger partial charge in [0.25, 0.3) is 5.56 Å². The van der Waals surface area contributed by atoms with Crippen molar-refractivity contribution in [2.75, 3.05) is 25.6 Å². The third-order valence-corrected chi connectivity index (χ3v) is 2.97. The van der Waals surface area contributed by atoms with Crippen LogP contribution in [0.15, 0.2) is 16.0 Å². The van der Waals surface area contributed by atoms with Crippen molar-refractivity contribution in [2.24, 2.45) is 0 Å². The van der Waals surface area contributed by atoms with Gasteiger partial charge in [0, 0.05) is 32.3 Å². The number of nitrogen functional groups attached to an aromatic ring is 1. The summed E-state index contributed by atoms with van der Waals surface area (Å²) in [6.45, 7) is 0. The number of anilines is 1. The molecule has 0 saturated heterocycles. The summed E-state index contributed by atoms with van der Waals surface area (Å²) in [6, 6.07) is 1.24. The van der Waals surface area contributed by atoms with Gasteiger partial charge in [-0.2, -0.15) is 0 Å². The van der Waals surface area contributed by atoms with Crippen molar-refractivity contribution in [3.8, 4) is 0 Å². The van der Waals surface area contributed by atoms with E-state index in [1.54, 1.807) is 19.0 Å². The van der Waals surface area contributed by atoms with Gasteiger partial charge < -0.3 is 15.6 Å². The number of hydrogen-bond acceptors (Lipinski definition) is 5. The predicted octanol–water partition coefficient (Wildman–Crippen LogP) is 0.313. The fourth-order valence-electron chi connectivity index (χ4n) is 1.14. The number of aromatic nitrogens is 2. The van der Waals surface area contributed by atoms with Crippen LogP contribution in [0.25, 0.3) is 0 Å². The molecule has 1 heterocycles. The molecule has 0 unspecified atom stereocenters. The van der Waals surface area contributed by atoms with Crippen LogP contribution in [0.1, 0.15) is 12.8 Å². The number of amides is 1. The van der Waals surface area contributed by atoms with Crippen LogP contribution in [0.5, 0.6) is 0 Å². The fourth-order valence-corrected chi connectivity index (χ4v) is 1.96. The van der Waals surface area contributed by atoms with E-state index in [0.29, 0.717) is 17.3 Å². The highest BCUT2D eigenvalue weighted by molar-refractivity contribution is 7.99. The second-order valence-corrected chi connectivity index (χ2v) is 4.80. The number of nitrogens with one attached hydrogen (secondary N) is 1. The first kappa shape index (κ1) is 13.6. The largest absolute Gasteiger partial charge is 0.383 e. The lowest BCUT2D eigenvalue weighted by Crippen LogP contribution is -2.21. The zero-order valence-electron chi connectivity index (χ0n) is 9.90. The lowest BCUT2D eigenvalue weighted by molar-refractivity contribution is -0.128. The average Bonchev–Trinajstić information content (AvgIpc) is 2.22. The lowest BCUT2D eigenvalue weighted by atomic mass is 10.3. The molecule has 0 aromatic carbocycles. The smallest absolute Gasteiger partial charge is 0.253 e. The van der Waals surface area contributed by atoms with Gasteiger partial charge in [0.05, 0.1) is 0 Å². The molecule has 7 heteroatoms. The van der Waals surface area contributed by atoms with Crippen LogP contribution in [0.2, 0.25) is 0 Å². The molecule has 0 aliphatic rings. The Kier molecular flexibility index (Phi) is 5.02. The molecule has 0 atom stereocenters. The van der Waals surface area contributed by atoms with Gasteiger partial charge in [0.2, 0.25) is 5.91 Å². The molecule has 0 bridgehead atoms. The maximum Gasteiger partial charge on any atom is 0.253 e. The van der Waals surface area contributed by atoms with E-state index < -0.39 is 0 Å². The summed E-state index contributed by atoms with van der Waals surface area (Å²) >= 11 is 1.39. The molecule has 1 rings (SSSR count). The summed E-state index contributed by atoms with van der Waals surface area (Å²) in [5, 5.41) is 0.493. The summed E-state index contributed by atoms with van der Waals surface area (Å²) in [7, 11) is 3.46. The monoisotopic (exact) mass is 256 g/mol. The van der Waals surface area contributed by atoms with Crippen LogP contribution < -0.4 is 11.3 Å². The van der Waals surface area contributed by atoms with Gasteiger partial charge in [-0.3, -0.25) is 9.59 Å². The topological polar surface area (TPSA) is 92.1 Å². The Morgan fingerprint density at radius 2 is 2.29 bits per heavy atom. The number of carbonyl (C=O) groups excluding carboxylic acids is 1. The summed E-state index contributed by atoms with van der Waals surface area (Å²) in [6.07, 6.45) is 1.23. The summed E-state index contributed by atoms with van der Waals surface area (Å²) in [5.74, 6) is 1.02. The molecule has 0 aliphatic heterocycles. The average molecular weight is 256 g/mol. The van der Waals surface area contributed by atoms with E-state index in [9.17, 15) is 9.59 Å². The van der Waals surface area contributed by atoms with E-state index in [4.69, 9.17) is 5.73 Å². The summed E-state index contributed by atoms with van der Waals surface area (Å²) < 4.78 is 0. The number of nitrogens with zero attached hydrogens (tertiary/aromatic N) is 2. The molecule has 3 N–H and O–H groups in total. The second-order valence-electron chi connectivity index (χ2n) is 3.72. The number of nitrogens with two attached hydrogens (primary N) is 1. The van der Waals surface area contributed by atoms with Crippen molar-refractivity contribution >= 4 is 23.5 Å². The van der Waals surface area contributed by atoms with Crippen LogP contribution in [0.3, 0.4) is 0 Å². The molecular formula is C10H16N4O2S. The van der Waals surface area contributed by atoms with Crippen LogP contribution in [-0.4, -0.2) is 40.6 Å². The number of thioether (sulfide) groups is 1. The molecule has 0 fully saturated rings. The predicted molar refractivity (Wildman–Crippen MR) is 67.9 cm³/mol. The van der Waals surface area contributed by atoms with Crippen LogP contribution in [0, 0.1) is 0 Å². The molecule has 0 aliphatic carbocycles. The molecule has 6 nitrogen and oxygen atoms in total. The quantitative estimate of drug-likeness (QED) is 0.449. The van der Waals surface area contributed by atoms with Gasteiger partial charge in [-0.1, -0.05) is 11.8 Å². The Balaban J connectivity index is 2.36. The van der Waals surface area contributed by atoms with Crippen LogP contribution in [-0.2, 0) is 4.79 Å². The minimum absolute atomic E-state index is 0.0969. The summed E-state index contributed by atoms with van der Waals surface area (Å²) in [4.78, 5) is 30.5. The molecular weight excluding hydrogens is 240 g/mol. The Morgan fingerprint density at radius 1 is 1.59 bits per heavy atom. The van der Waals surface area contributed by atoms with E-state index in [1.165, 1.54) is 17.8 Å². The maximum absolute atomic E-state index is 11.3. The first-order valence-corrected chi connectivity index (χ1v) is 6.17. The van der Waals surface area contributed by atoms with Gasteiger partial charge in [-0.25, -0.2) is 4.98 Å². The van der Waals surface area contributed by atoms with E-state index in [0.717, 1.165) is 6.42 Å². The fraction of sp³-hybridized carbons (Fsp3) is 0.500. The first-order valence-electron chi connectivity index (χ1n) is 5.19. The molecule has 17 heavy (non-hydrogen) atoms. The van der Waals surface area contributed by atoms with Gasteiger partial charge in [0.15, 0.2) is 5.16 Å². The van der Waals surface area contributed by atoms with Crippen LogP contribution in [0.4, 0.5) is 5.82 Å². The molecule has 94 valence electrons. The zero-order valence-corrected chi connectivity index (χ0v) is 10.7. The molecule has 0 spiro atoms. The SMILES string of the molecule is CN(C)C(=O)CCCSc1nc(N)cc(=O)[nH]1. The van der Waals surface area contributed by atoms with Crippen LogP contribution >= 0.6 is 11.8 Å². The Labute approximate surface area is 104 Å². The van der Waals surface area contributed by atoms with Gasteiger partial charge >= 0.3 is 0 Å². The highest BCUT2D eigenvalue weighted by atomic mass is 32.2.